The monoisotopic (exact) mass is 536 g/mol. The standard InChI is InChI=1S/C21H28N7O4P2S/c1-23-26-15-27-17-28(16-26)25(3)33(23,24(27)2)22-34(35-4,31-20-9-5-18(13-29)6-10-20)32-21-11-7-19(14-30)8-12-21/h5-14H,15-17H2,1-4H3/q+1. The molecule has 0 amide bonds. The first-order chi connectivity index (χ1) is 16.8. The van der Waals surface area contributed by atoms with Crippen LogP contribution in [-0.2, 0) is 0 Å². The molecule has 186 valence electrons. The van der Waals surface area contributed by atoms with E-state index in [1.54, 1.807) is 48.5 Å². The van der Waals surface area contributed by atoms with E-state index in [-0.39, 0.29) is 0 Å². The number of nitrogens with zero attached hydrogens (tertiary/aromatic N) is 7. The van der Waals surface area contributed by atoms with Crippen molar-refractivity contribution in [3.63, 3.8) is 0 Å². The van der Waals surface area contributed by atoms with Crippen LogP contribution in [-0.4, -0.2) is 89.3 Å². The summed E-state index contributed by atoms with van der Waals surface area (Å²) in [5.41, 5.74) is 1.13. The third-order valence-corrected chi connectivity index (χ3v) is 15.1. The van der Waals surface area contributed by atoms with Gasteiger partial charge in [0.2, 0.25) is 0 Å². The van der Waals surface area contributed by atoms with Crippen LogP contribution in [0.25, 0.3) is 0 Å². The Morgan fingerprint density at radius 2 is 1.14 bits per heavy atom. The maximum absolute atomic E-state index is 11.1. The van der Waals surface area contributed by atoms with Gasteiger partial charge in [-0.05, 0) is 53.0 Å². The second-order valence-electron chi connectivity index (χ2n) is 8.25. The maximum atomic E-state index is 11.1. The molecule has 0 N–H and O–H groups in total. The summed E-state index contributed by atoms with van der Waals surface area (Å²) in [5, 5.41) is 6.81. The maximum Gasteiger partial charge on any atom is 0.550 e. The van der Waals surface area contributed by atoms with Crippen molar-refractivity contribution in [2.75, 3.05) is 47.4 Å². The van der Waals surface area contributed by atoms with Gasteiger partial charge in [0.25, 0.3) is 7.51 Å². The molecule has 2 aromatic carbocycles. The van der Waals surface area contributed by atoms with E-state index in [1.165, 1.54) is 11.4 Å². The van der Waals surface area contributed by atoms with Crippen LogP contribution in [0.15, 0.2) is 53.0 Å². The van der Waals surface area contributed by atoms with E-state index in [4.69, 9.17) is 13.6 Å². The van der Waals surface area contributed by atoms with Gasteiger partial charge >= 0.3 is 7.07 Å². The van der Waals surface area contributed by atoms with Crippen molar-refractivity contribution in [1.29, 1.82) is 0 Å². The van der Waals surface area contributed by atoms with Crippen LogP contribution in [0.5, 0.6) is 11.5 Å². The molecule has 0 spiro atoms. The Bertz CT molecular complexity index is 1060. The van der Waals surface area contributed by atoms with Crippen molar-refractivity contribution in [2.45, 2.75) is 0 Å². The molecule has 4 aliphatic rings. The number of rotatable bonds is 8. The van der Waals surface area contributed by atoms with Crippen LogP contribution < -0.4 is 9.05 Å². The van der Waals surface area contributed by atoms with Crippen LogP contribution >= 0.6 is 26.0 Å². The molecular weight excluding hydrogens is 508 g/mol. The average Bonchev–Trinajstić information content (AvgIpc) is 2.89. The summed E-state index contributed by atoms with van der Waals surface area (Å²) in [6.07, 6.45) is 3.53. The van der Waals surface area contributed by atoms with E-state index in [0.29, 0.717) is 22.6 Å². The summed E-state index contributed by atoms with van der Waals surface area (Å²) in [6.45, 7) is 2.38. The van der Waals surface area contributed by atoms with Crippen LogP contribution in [0, 0.1) is 0 Å². The average molecular weight is 537 g/mol. The molecule has 0 unspecified atom stereocenters. The molecular formula is C21H28N7O4P2S+. The first-order valence-electron chi connectivity index (χ1n) is 10.9. The highest BCUT2D eigenvalue weighted by Gasteiger charge is 2.61. The Hall–Kier alpha value is -1.85. The van der Waals surface area contributed by atoms with E-state index in [1.807, 2.05) is 6.26 Å². The van der Waals surface area contributed by atoms with Gasteiger partial charge in [0, 0.05) is 38.5 Å². The lowest BCUT2D eigenvalue weighted by atomic mass is 10.2. The van der Waals surface area contributed by atoms with Crippen LogP contribution in [0.1, 0.15) is 20.7 Å². The van der Waals surface area contributed by atoms with E-state index < -0.39 is 14.6 Å². The van der Waals surface area contributed by atoms with Crippen LogP contribution in [0.2, 0.25) is 0 Å². The number of carbonyl (C=O) groups is 2. The third-order valence-electron chi connectivity index (χ3n) is 6.31. The molecule has 0 saturated carbocycles. The highest BCUT2D eigenvalue weighted by atomic mass is 32.7. The van der Waals surface area contributed by atoms with Crippen molar-refractivity contribution in [3.05, 3.63) is 59.7 Å². The van der Waals surface area contributed by atoms with E-state index >= 15 is 0 Å². The van der Waals surface area contributed by atoms with Gasteiger partial charge in [0.05, 0.1) is 20.0 Å². The fourth-order valence-corrected chi connectivity index (χ4v) is 13.4. The zero-order valence-corrected chi connectivity index (χ0v) is 22.6. The summed E-state index contributed by atoms with van der Waals surface area (Å²) in [6, 6.07) is 13.9. The number of hydrogen-bond acceptors (Lipinski definition) is 9. The lowest BCUT2D eigenvalue weighted by Crippen LogP contribution is -2.75. The molecule has 11 nitrogen and oxygen atoms in total. The Balaban J connectivity index is 1.63. The smallest absolute Gasteiger partial charge is 0.298 e. The molecule has 14 heteroatoms. The minimum Gasteiger partial charge on any atom is -0.298 e. The van der Waals surface area contributed by atoms with Gasteiger partial charge in [-0.25, -0.2) is 15.0 Å². The molecule has 2 aromatic rings. The van der Waals surface area contributed by atoms with Gasteiger partial charge in [-0.3, -0.25) is 18.6 Å². The minimum absolute atomic E-state index is 0.564. The molecule has 4 bridgehead atoms. The van der Waals surface area contributed by atoms with Gasteiger partial charge in [0.15, 0.2) is 11.5 Å². The number of hydrazine groups is 3. The Kier molecular flexibility index (Phi) is 6.78. The molecule has 0 radical (unpaired) electrons. The van der Waals surface area contributed by atoms with Gasteiger partial charge < -0.3 is 0 Å². The SMILES string of the molecule is CS[P+](N=P12N(C)N3CN(CN(C3)N1C)N2C)(Oc1ccc(C=O)cc1)Oc1ccc(C=O)cc1. The zero-order valence-electron chi connectivity index (χ0n) is 20.0. The third kappa shape index (κ3) is 4.23. The summed E-state index contributed by atoms with van der Waals surface area (Å²) in [7, 11) is 0.686. The largest absolute Gasteiger partial charge is 0.550 e. The zero-order chi connectivity index (χ0) is 24.8. The first kappa shape index (κ1) is 24.8. The predicted octanol–water partition coefficient (Wildman–Crippen LogP) is 4.12. The Morgan fingerprint density at radius 3 is 1.46 bits per heavy atom. The highest BCUT2D eigenvalue weighted by Crippen LogP contribution is 2.79. The van der Waals surface area contributed by atoms with Gasteiger partial charge in [-0.1, -0.05) is 0 Å². The normalized spacial score (nSPS) is 28.6. The van der Waals surface area contributed by atoms with Crippen molar-refractivity contribution in [2.24, 2.45) is 4.52 Å². The van der Waals surface area contributed by atoms with Crippen molar-refractivity contribution in [3.8, 4) is 11.5 Å². The van der Waals surface area contributed by atoms with E-state index in [0.717, 1.165) is 32.6 Å². The Labute approximate surface area is 209 Å². The molecule has 0 atom stereocenters. The van der Waals surface area contributed by atoms with Gasteiger partial charge in [-0.15, -0.1) is 0 Å². The number of hydrogen-bond donors (Lipinski definition) is 0. The molecule has 4 aliphatic heterocycles. The second kappa shape index (κ2) is 9.55. The number of carbonyl (C=O) groups excluding carboxylic acids is 2. The molecule has 6 rings (SSSR count). The van der Waals surface area contributed by atoms with Gasteiger partial charge in [-0.2, -0.15) is 14.3 Å². The highest BCUT2D eigenvalue weighted by molar-refractivity contribution is 8.59. The summed E-state index contributed by atoms with van der Waals surface area (Å²) < 4.78 is 25.3. The first-order valence-corrected chi connectivity index (χ1v) is 15.9. The van der Waals surface area contributed by atoms with Crippen molar-refractivity contribution < 1.29 is 18.6 Å². The minimum atomic E-state index is -3.02. The topological polar surface area (TPSA) is 84.4 Å². The van der Waals surface area contributed by atoms with Crippen LogP contribution in [0.4, 0.5) is 0 Å². The molecule has 0 aromatic heterocycles. The fourth-order valence-electron chi connectivity index (χ4n) is 4.29. The molecule has 0 aliphatic carbocycles. The summed E-state index contributed by atoms with van der Waals surface area (Å²) in [5.74, 6) is 1.13. The number of benzene rings is 2. The van der Waals surface area contributed by atoms with Crippen molar-refractivity contribution in [1.82, 2.24) is 29.4 Å². The molecule has 35 heavy (non-hydrogen) atoms. The summed E-state index contributed by atoms with van der Waals surface area (Å²) >= 11 is 1.44. The number of aldehydes is 2. The predicted molar refractivity (Wildman–Crippen MR) is 138 cm³/mol. The van der Waals surface area contributed by atoms with Crippen LogP contribution in [0.3, 0.4) is 0 Å². The van der Waals surface area contributed by atoms with Gasteiger partial charge in [0.1, 0.15) is 24.0 Å². The fraction of sp³-hybridized carbons (Fsp3) is 0.333. The summed E-state index contributed by atoms with van der Waals surface area (Å²) in [4.78, 5) is 22.3. The van der Waals surface area contributed by atoms with E-state index in [9.17, 15) is 9.59 Å². The molecule has 4 saturated heterocycles. The Morgan fingerprint density at radius 1 is 0.771 bits per heavy atom. The quantitative estimate of drug-likeness (QED) is 0.361. The lowest BCUT2D eigenvalue weighted by molar-refractivity contribution is -0.247. The second-order valence-corrected chi connectivity index (χ2v) is 15.9. The molecule has 4 heterocycles. The van der Waals surface area contributed by atoms with E-state index in [2.05, 4.69) is 50.5 Å². The molecule has 4 fully saturated rings. The van der Waals surface area contributed by atoms with Crippen molar-refractivity contribution >= 4 is 38.5 Å². The lowest BCUT2D eigenvalue weighted by Gasteiger charge is -2.66.